The Hall–Kier alpha value is -2.20. The number of hydrogen-bond acceptors (Lipinski definition) is 4. The van der Waals surface area contributed by atoms with Crippen molar-refractivity contribution in [3.8, 4) is 0 Å². The van der Waals surface area contributed by atoms with E-state index in [2.05, 4.69) is 10.1 Å². The minimum Gasteiger partial charge on any atom is -0.465 e. The van der Waals surface area contributed by atoms with E-state index in [0.29, 0.717) is 16.3 Å². The van der Waals surface area contributed by atoms with Crippen molar-refractivity contribution in [3.63, 3.8) is 0 Å². The Morgan fingerprint density at radius 1 is 1.29 bits per heavy atom. The van der Waals surface area contributed by atoms with Gasteiger partial charge in [-0.05, 0) is 42.8 Å². The maximum absolute atomic E-state index is 11.4. The normalized spacial score (nSPS) is 11.8. The number of esters is 1. The number of benzene rings is 2. The second-order valence-corrected chi connectivity index (χ2v) is 5.15. The average molecular weight is 305 g/mol. The highest BCUT2D eigenvalue weighted by atomic mass is 35.5. The predicted molar refractivity (Wildman–Crippen MR) is 85.7 cm³/mol. The molecule has 0 fully saturated rings. The van der Waals surface area contributed by atoms with Crippen LogP contribution in [0.3, 0.4) is 0 Å². The number of anilines is 2. The van der Waals surface area contributed by atoms with Gasteiger partial charge in [0, 0.05) is 11.1 Å². The summed E-state index contributed by atoms with van der Waals surface area (Å²) in [6, 6.07) is 12.7. The average Bonchev–Trinajstić information content (AvgIpc) is 2.48. The van der Waals surface area contributed by atoms with E-state index in [1.807, 2.05) is 31.2 Å². The van der Waals surface area contributed by atoms with Gasteiger partial charge in [0.05, 0.1) is 24.0 Å². The van der Waals surface area contributed by atoms with Crippen LogP contribution in [0.15, 0.2) is 42.5 Å². The first kappa shape index (κ1) is 15.2. The molecule has 2 aromatic carbocycles. The van der Waals surface area contributed by atoms with E-state index in [9.17, 15) is 4.79 Å². The first-order chi connectivity index (χ1) is 10.0. The first-order valence-corrected chi connectivity index (χ1v) is 6.89. The zero-order valence-corrected chi connectivity index (χ0v) is 12.6. The summed E-state index contributed by atoms with van der Waals surface area (Å²) in [5.74, 6) is -0.406. The predicted octanol–water partition coefficient (Wildman–Crippen LogP) is 3.88. The van der Waals surface area contributed by atoms with Crippen LogP contribution >= 0.6 is 11.6 Å². The molecular weight excluding hydrogens is 288 g/mol. The fourth-order valence-corrected chi connectivity index (χ4v) is 2.23. The van der Waals surface area contributed by atoms with Crippen LogP contribution < -0.4 is 11.1 Å². The molecule has 2 rings (SSSR count). The van der Waals surface area contributed by atoms with Gasteiger partial charge in [-0.15, -0.1) is 0 Å². The molecule has 0 spiro atoms. The van der Waals surface area contributed by atoms with E-state index >= 15 is 0 Å². The van der Waals surface area contributed by atoms with Gasteiger partial charge in [-0.3, -0.25) is 0 Å². The van der Waals surface area contributed by atoms with Crippen LogP contribution in [0.5, 0.6) is 0 Å². The highest BCUT2D eigenvalue weighted by Gasteiger charge is 2.11. The van der Waals surface area contributed by atoms with Crippen molar-refractivity contribution < 1.29 is 9.53 Å². The van der Waals surface area contributed by atoms with Gasteiger partial charge in [-0.2, -0.15) is 0 Å². The molecule has 0 saturated carbocycles. The van der Waals surface area contributed by atoms with Gasteiger partial charge in [-0.1, -0.05) is 23.7 Å². The van der Waals surface area contributed by atoms with E-state index in [1.165, 1.54) is 7.11 Å². The van der Waals surface area contributed by atoms with Crippen molar-refractivity contribution in [1.29, 1.82) is 0 Å². The number of hydrogen-bond donors (Lipinski definition) is 2. The van der Waals surface area contributed by atoms with Gasteiger partial charge in [0.25, 0.3) is 0 Å². The smallest absolute Gasteiger partial charge is 0.337 e. The summed E-state index contributed by atoms with van der Waals surface area (Å²) in [7, 11) is 1.34. The molecule has 21 heavy (non-hydrogen) atoms. The van der Waals surface area contributed by atoms with Crippen LogP contribution in [0.1, 0.15) is 28.9 Å². The molecule has 0 saturated heterocycles. The standard InChI is InChI=1S/C16H17ClN2O2/c1-10(11-4-3-5-13(17)8-11)19-15-7-6-12(9-14(15)18)16(20)21-2/h3-10,19H,18H2,1-2H3. The Labute approximate surface area is 128 Å². The molecule has 5 heteroatoms. The topological polar surface area (TPSA) is 64.3 Å². The maximum Gasteiger partial charge on any atom is 0.337 e. The Balaban J connectivity index is 2.18. The molecule has 2 aromatic rings. The number of nitrogens with one attached hydrogen (secondary N) is 1. The molecule has 0 radical (unpaired) electrons. The van der Waals surface area contributed by atoms with E-state index in [-0.39, 0.29) is 6.04 Å². The van der Waals surface area contributed by atoms with Gasteiger partial charge in [0.2, 0.25) is 0 Å². The van der Waals surface area contributed by atoms with Gasteiger partial charge < -0.3 is 15.8 Å². The van der Waals surface area contributed by atoms with Crippen molar-refractivity contribution in [2.75, 3.05) is 18.2 Å². The summed E-state index contributed by atoms with van der Waals surface area (Å²) >= 11 is 5.99. The monoisotopic (exact) mass is 304 g/mol. The molecule has 0 heterocycles. The van der Waals surface area contributed by atoms with Gasteiger partial charge >= 0.3 is 5.97 Å². The van der Waals surface area contributed by atoms with E-state index < -0.39 is 5.97 Å². The number of carbonyl (C=O) groups excluding carboxylic acids is 1. The number of carbonyl (C=O) groups is 1. The quantitative estimate of drug-likeness (QED) is 0.664. The highest BCUT2D eigenvalue weighted by Crippen LogP contribution is 2.26. The molecule has 0 bridgehead atoms. The fraction of sp³-hybridized carbons (Fsp3) is 0.188. The summed E-state index contributed by atoms with van der Waals surface area (Å²) in [6.45, 7) is 2.01. The number of rotatable bonds is 4. The summed E-state index contributed by atoms with van der Waals surface area (Å²) < 4.78 is 4.67. The van der Waals surface area contributed by atoms with Crippen LogP contribution in [0, 0.1) is 0 Å². The minimum absolute atomic E-state index is 0.0370. The maximum atomic E-state index is 11.4. The zero-order chi connectivity index (χ0) is 15.4. The summed E-state index contributed by atoms with van der Waals surface area (Å²) in [5, 5.41) is 3.99. The minimum atomic E-state index is -0.406. The third-order valence-corrected chi connectivity index (χ3v) is 3.43. The molecule has 4 nitrogen and oxygen atoms in total. The summed E-state index contributed by atoms with van der Waals surface area (Å²) in [4.78, 5) is 11.4. The van der Waals surface area contributed by atoms with Crippen molar-refractivity contribution in [3.05, 3.63) is 58.6 Å². The Bertz CT molecular complexity index is 658. The van der Waals surface area contributed by atoms with Crippen LogP contribution in [-0.4, -0.2) is 13.1 Å². The number of ether oxygens (including phenoxy) is 1. The molecule has 110 valence electrons. The summed E-state index contributed by atoms with van der Waals surface area (Å²) in [5.41, 5.74) is 8.71. The second-order valence-electron chi connectivity index (χ2n) is 4.71. The SMILES string of the molecule is COC(=O)c1ccc(NC(C)c2cccc(Cl)c2)c(N)c1. The number of nitrogens with two attached hydrogens (primary N) is 1. The Kier molecular flexibility index (Phi) is 4.70. The molecule has 1 unspecified atom stereocenters. The van der Waals surface area contributed by atoms with Crippen molar-refractivity contribution >= 4 is 28.9 Å². The van der Waals surface area contributed by atoms with Crippen LogP contribution in [-0.2, 0) is 4.74 Å². The number of methoxy groups -OCH3 is 1. The van der Waals surface area contributed by atoms with E-state index in [4.69, 9.17) is 17.3 Å². The Morgan fingerprint density at radius 2 is 2.05 bits per heavy atom. The van der Waals surface area contributed by atoms with Gasteiger partial charge in [-0.25, -0.2) is 4.79 Å². The lowest BCUT2D eigenvalue weighted by atomic mass is 10.1. The molecule has 0 aliphatic heterocycles. The zero-order valence-electron chi connectivity index (χ0n) is 11.9. The third kappa shape index (κ3) is 3.67. The molecule has 0 aromatic heterocycles. The van der Waals surface area contributed by atoms with Crippen molar-refractivity contribution in [1.82, 2.24) is 0 Å². The lowest BCUT2D eigenvalue weighted by Crippen LogP contribution is -2.09. The van der Waals surface area contributed by atoms with Gasteiger partial charge in [0.15, 0.2) is 0 Å². The molecule has 1 atom stereocenters. The number of nitrogen functional groups attached to an aromatic ring is 1. The summed E-state index contributed by atoms with van der Waals surface area (Å²) in [6.07, 6.45) is 0. The van der Waals surface area contributed by atoms with Gasteiger partial charge in [0.1, 0.15) is 0 Å². The van der Waals surface area contributed by atoms with Crippen LogP contribution in [0.2, 0.25) is 5.02 Å². The largest absolute Gasteiger partial charge is 0.465 e. The third-order valence-electron chi connectivity index (χ3n) is 3.19. The molecule has 0 aliphatic rings. The van der Waals surface area contributed by atoms with Crippen LogP contribution in [0.25, 0.3) is 0 Å². The van der Waals surface area contributed by atoms with Crippen molar-refractivity contribution in [2.45, 2.75) is 13.0 Å². The molecule has 3 N–H and O–H groups in total. The van der Waals surface area contributed by atoms with Crippen molar-refractivity contribution in [2.24, 2.45) is 0 Å². The van der Waals surface area contributed by atoms with Crippen LogP contribution in [0.4, 0.5) is 11.4 Å². The molecule has 0 aliphatic carbocycles. The number of halogens is 1. The molecule has 0 amide bonds. The highest BCUT2D eigenvalue weighted by molar-refractivity contribution is 6.30. The van der Waals surface area contributed by atoms with E-state index in [0.717, 1.165) is 11.3 Å². The lowest BCUT2D eigenvalue weighted by molar-refractivity contribution is 0.0601. The second kappa shape index (κ2) is 6.50. The Morgan fingerprint density at radius 3 is 2.67 bits per heavy atom. The first-order valence-electron chi connectivity index (χ1n) is 6.51. The fourth-order valence-electron chi connectivity index (χ4n) is 2.03. The lowest BCUT2D eigenvalue weighted by Gasteiger charge is -2.18. The van der Waals surface area contributed by atoms with E-state index in [1.54, 1.807) is 18.2 Å². The molecular formula is C16H17ClN2O2.